The number of carbonyl (C=O) groups is 1. The summed E-state index contributed by atoms with van der Waals surface area (Å²) in [5, 5.41) is 10.0. The van der Waals surface area contributed by atoms with Gasteiger partial charge < -0.3 is 16.0 Å². The molecule has 28 heavy (non-hydrogen) atoms. The zero-order chi connectivity index (χ0) is 19.8. The third kappa shape index (κ3) is 6.14. The summed E-state index contributed by atoms with van der Waals surface area (Å²) in [5.74, 6) is 0.764. The summed E-state index contributed by atoms with van der Waals surface area (Å²) < 4.78 is 0. The van der Waals surface area contributed by atoms with E-state index in [2.05, 4.69) is 53.0 Å². The number of carbonyl (C=O) groups excluding carboxylic acids is 1. The Bertz CT molecular complexity index is 736. The third-order valence-electron chi connectivity index (χ3n) is 5.42. The van der Waals surface area contributed by atoms with Crippen molar-refractivity contribution in [2.45, 2.75) is 45.7 Å². The first-order valence-corrected chi connectivity index (χ1v) is 10.3. The predicted molar refractivity (Wildman–Crippen MR) is 113 cm³/mol. The highest BCUT2D eigenvalue weighted by molar-refractivity contribution is 5.83. The lowest BCUT2D eigenvalue weighted by Gasteiger charge is -2.25. The first kappa shape index (κ1) is 20.5. The summed E-state index contributed by atoms with van der Waals surface area (Å²) in [7, 11) is 0. The summed E-state index contributed by atoms with van der Waals surface area (Å²) in [6.45, 7) is 7.74. The SMILES string of the molecule is Cc1cc(C)cc(C(NCCC2CCNCC2)C(=O)NCc2ccncc2)c1. The molecule has 1 aliphatic rings. The van der Waals surface area contributed by atoms with Crippen LogP contribution in [0.3, 0.4) is 0 Å². The molecular weight excluding hydrogens is 348 g/mol. The lowest BCUT2D eigenvalue weighted by atomic mass is 9.94. The molecule has 5 nitrogen and oxygen atoms in total. The van der Waals surface area contributed by atoms with E-state index in [4.69, 9.17) is 0 Å². The molecule has 0 saturated carbocycles. The van der Waals surface area contributed by atoms with E-state index in [0.29, 0.717) is 6.54 Å². The number of rotatable bonds is 8. The zero-order valence-electron chi connectivity index (χ0n) is 17.0. The monoisotopic (exact) mass is 380 g/mol. The van der Waals surface area contributed by atoms with Crippen molar-refractivity contribution in [1.29, 1.82) is 0 Å². The van der Waals surface area contributed by atoms with Crippen LogP contribution in [0.25, 0.3) is 0 Å². The van der Waals surface area contributed by atoms with Crippen LogP contribution < -0.4 is 16.0 Å². The number of pyridine rings is 1. The molecular formula is C23H32N4O. The Labute approximate surface area is 168 Å². The zero-order valence-corrected chi connectivity index (χ0v) is 17.0. The number of amides is 1. The van der Waals surface area contributed by atoms with E-state index >= 15 is 0 Å². The molecule has 2 heterocycles. The Morgan fingerprint density at radius 1 is 1.14 bits per heavy atom. The minimum absolute atomic E-state index is 0.0205. The highest BCUT2D eigenvalue weighted by Gasteiger charge is 2.21. The Kier molecular flexibility index (Phi) is 7.57. The summed E-state index contributed by atoms with van der Waals surface area (Å²) in [4.78, 5) is 17.1. The maximum atomic E-state index is 13.0. The van der Waals surface area contributed by atoms with E-state index in [0.717, 1.165) is 43.1 Å². The molecule has 1 amide bonds. The largest absolute Gasteiger partial charge is 0.350 e. The van der Waals surface area contributed by atoms with Crippen LogP contribution in [0.2, 0.25) is 0 Å². The molecule has 0 radical (unpaired) electrons. The topological polar surface area (TPSA) is 66.0 Å². The van der Waals surface area contributed by atoms with Crippen molar-refractivity contribution in [2.24, 2.45) is 5.92 Å². The molecule has 0 bridgehead atoms. The normalized spacial score (nSPS) is 15.9. The number of benzene rings is 1. The van der Waals surface area contributed by atoms with Gasteiger partial charge in [-0.1, -0.05) is 29.3 Å². The summed E-state index contributed by atoms with van der Waals surface area (Å²) >= 11 is 0. The van der Waals surface area contributed by atoms with Gasteiger partial charge in [0, 0.05) is 18.9 Å². The number of aryl methyl sites for hydroxylation is 2. The molecule has 1 aromatic heterocycles. The number of hydrogen-bond acceptors (Lipinski definition) is 4. The van der Waals surface area contributed by atoms with Crippen LogP contribution in [0.1, 0.15) is 47.6 Å². The van der Waals surface area contributed by atoms with Crippen molar-refractivity contribution in [3.05, 3.63) is 65.0 Å². The molecule has 1 atom stereocenters. The first-order chi connectivity index (χ1) is 13.6. The fraction of sp³-hybridized carbons (Fsp3) is 0.478. The highest BCUT2D eigenvalue weighted by Crippen LogP contribution is 2.20. The first-order valence-electron chi connectivity index (χ1n) is 10.3. The molecule has 3 N–H and O–H groups in total. The van der Waals surface area contributed by atoms with Crippen molar-refractivity contribution < 1.29 is 4.79 Å². The van der Waals surface area contributed by atoms with Crippen molar-refractivity contribution in [1.82, 2.24) is 20.9 Å². The number of hydrogen-bond donors (Lipinski definition) is 3. The van der Waals surface area contributed by atoms with Crippen LogP contribution in [0.5, 0.6) is 0 Å². The molecule has 0 aliphatic carbocycles. The minimum atomic E-state index is -0.331. The van der Waals surface area contributed by atoms with Crippen molar-refractivity contribution >= 4 is 5.91 Å². The molecule has 1 aliphatic heterocycles. The van der Waals surface area contributed by atoms with Gasteiger partial charge >= 0.3 is 0 Å². The van der Waals surface area contributed by atoms with Crippen LogP contribution in [-0.2, 0) is 11.3 Å². The summed E-state index contributed by atoms with van der Waals surface area (Å²) in [5.41, 5.74) is 4.46. The van der Waals surface area contributed by atoms with E-state index in [1.807, 2.05) is 12.1 Å². The fourth-order valence-electron chi connectivity index (χ4n) is 3.93. The minimum Gasteiger partial charge on any atom is -0.350 e. The standard InChI is InChI=1S/C23H32N4O/c1-17-13-18(2)15-21(14-17)22(26-12-7-19-3-8-24-9-4-19)23(28)27-16-20-5-10-25-11-6-20/h5-6,10-11,13-15,19,22,24,26H,3-4,7-9,12,16H2,1-2H3,(H,27,28). The van der Waals surface area contributed by atoms with Gasteiger partial charge in [0.15, 0.2) is 0 Å². The smallest absolute Gasteiger partial charge is 0.242 e. The van der Waals surface area contributed by atoms with Crippen molar-refractivity contribution in [2.75, 3.05) is 19.6 Å². The van der Waals surface area contributed by atoms with Gasteiger partial charge in [-0.2, -0.15) is 0 Å². The third-order valence-corrected chi connectivity index (χ3v) is 5.42. The molecule has 1 saturated heterocycles. The average Bonchev–Trinajstić information content (AvgIpc) is 2.70. The molecule has 0 spiro atoms. The van der Waals surface area contributed by atoms with Gasteiger partial charge in [-0.15, -0.1) is 0 Å². The summed E-state index contributed by atoms with van der Waals surface area (Å²) in [6.07, 6.45) is 7.06. The molecule has 1 fully saturated rings. The lowest BCUT2D eigenvalue weighted by molar-refractivity contribution is -0.123. The lowest BCUT2D eigenvalue weighted by Crippen LogP contribution is -2.38. The average molecular weight is 381 g/mol. The Hall–Kier alpha value is -2.24. The van der Waals surface area contributed by atoms with Gasteiger partial charge in [0.1, 0.15) is 6.04 Å². The number of nitrogens with zero attached hydrogens (tertiary/aromatic N) is 1. The van der Waals surface area contributed by atoms with Crippen LogP contribution in [0.4, 0.5) is 0 Å². The Morgan fingerprint density at radius 2 is 1.82 bits per heavy atom. The molecule has 2 aromatic rings. The van der Waals surface area contributed by atoms with Crippen LogP contribution in [0.15, 0.2) is 42.7 Å². The van der Waals surface area contributed by atoms with Gasteiger partial charge in [0.2, 0.25) is 5.91 Å². The number of nitrogens with one attached hydrogen (secondary N) is 3. The molecule has 1 aromatic carbocycles. The summed E-state index contributed by atoms with van der Waals surface area (Å²) in [6, 6.07) is 9.89. The van der Waals surface area contributed by atoms with E-state index in [9.17, 15) is 4.79 Å². The van der Waals surface area contributed by atoms with E-state index in [-0.39, 0.29) is 11.9 Å². The van der Waals surface area contributed by atoms with E-state index < -0.39 is 0 Å². The van der Waals surface area contributed by atoms with E-state index in [1.54, 1.807) is 12.4 Å². The second-order valence-electron chi connectivity index (χ2n) is 7.86. The maximum Gasteiger partial charge on any atom is 0.242 e. The van der Waals surface area contributed by atoms with Crippen LogP contribution in [-0.4, -0.2) is 30.5 Å². The fourth-order valence-corrected chi connectivity index (χ4v) is 3.93. The van der Waals surface area contributed by atoms with Crippen molar-refractivity contribution in [3.8, 4) is 0 Å². The quantitative estimate of drug-likeness (QED) is 0.659. The van der Waals surface area contributed by atoms with Gasteiger partial charge in [-0.25, -0.2) is 0 Å². The van der Waals surface area contributed by atoms with Crippen LogP contribution in [0, 0.1) is 19.8 Å². The molecule has 5 heteroatoms. The Balaban J connectivity index is 1.65. The van der Waals surface area contributed by atoms with Gasteiger partial charge in [0.25, 0.3) is 0 Å². The van der Waals surface area contributed by atoms with Crippen molar-refractivity contribution in [3.63, 3.8) is 0 Å². The van der Waals surface area contributed by atoms with Crippen LogP contribution >= 0.6 is 0 Å². The molecule has 1 unspecified atom stereocenters. The second-order valence-corrected chi connectivity index (χ2v) is 7.86. The Morgan fingerprint density at radius 3 is 2.50 bits per heavy atom. The predicted octanol–water partition coefficient (Wildman–Crippen LogP) is 3.04. The number of aromatic nitrogens is 1. The van der Waals surface area contributed by atoms with Gasteiger partial charge in [0.05, 0.1) is 0 Å². The van der Waals surface area contributed by atoms with Gasteiger partial charge in [-0.3, -0.25) is 9.78 Å². The molecule has 150 valence electrons. The van der Waals surface area contributed by atoms with Gasteiger partial charge in [-0.05, 0) is 81.9 Å². The number of piperidine rings is 1. The second kappa shape index (κ2) is 10.3. The van der Waals surface area contributed by atoms with E-state index in [1.165, 1.54) is 24.0 Å². The molecule has 3 rings (SSSR count). The highest BCUT2D eigenvalue weighted by atomic mass is 16.2. The maximum absolute atomic E-state index is 13.0.